The summed E-state index contributed by atoms with van der Waals surface area (Å²) >= 11 is 0. The SMILES string of the molecule is Cc1ccc2c(Cn3c(=O)ccn(C4OC(COP(=O)(O)OP(=O)(O)ON)C(O)C4O)c3=O)noc2c1. The average molecular weight is 564 g/mol. The van der Waals surface area contributed by atoms with Crippen LogP contribution in [0.15, 0.2) is 44.6 Å². The van der Waals surface area contributed by atoms with Crippen molar-refractivity contribution in [2.45, 2.75) is 38.0 Å². The van der Waals surface area contributed by atoms with Crippen molar-refractivity contribution in [1.82, 2.24) is 14.3 Å². The first kappa shape index (κ1) is 27.5. The molecule has 1 aliphatic rings. The van der Waals surface area contributed by atoms with Crippen LogP contribution in [0, 0.1) is 6.92 Å². The number of ether oxygens (including phenoxy) is 1. The van der Waals surface area contributed by atoms with Crippen molar-refractivity contribution in [2.75, 3.05) is 6.61 Å². The number of benzene rings is 1. The molecule has 1 aromatic carbocycles. The second kappa shape index (κ2) is 10.3. The van der Waals surface area contributed by atoms with Crippen LogP contribution in [0.3, 0.4) is 0 Å². The molecule has 0 amide bonds. The molecule has 6 atom stereocenters. The second-order valence-electron chi connectivity index (χ2n) is 8.03. The van der Waals surface area contributed by atoms with Crippen LogP contribution in [0.5, 0.6) is 0 Å². The molecule has 19 heteroatoms. The van der Waals surface area contributed by atoms with Gasteiger partial charge in [-0.1, -0.05) is 11.2 Å². The van der Waals surface area contributed by atoms with Gasteiger partial charge in [-0.2, -0.15) is 4.31 Å². The van der Waals surface area contributed by atoms with Gasteiger partial charge in [0.05, 0.1) is 13.2 Å². The Bertz CT molecular complexity index is 1520. The second-order valence-corrected chi connectivity index (χ2v) is 11.0. The smallest absolute Gasteiger partial charge is 0.387 e. The van der Waals surface area contributed by atoms with Crippen LogP contribution in [0.2, 0.25) is 0 Å². The Morgan fingerprint density at radius 2 is 1.86 bits per heavy atom. The van der Waals surface area contributed by atoms with Crippen molar-refractivity contribution in [3.8, 4) is 0 Å². The van der Waals surface area contributed by atoms with E-state index in [9.17, 15) is 33.8 Å². The van der Waals surface area contributed by atoms with Gasteiger partial charge in [0.25, 0.3) is 5.56 Å². The molecule has 0 bridgehead atoms. The molecule has 0 aliphatic carbocycles. The molecular weight excluding hydrogens is 542 g/mol. The summed E-state index contributed by atoms with van der Waals surface area (Å²) in [6.45, 7) is 0.654. The highest BCUT2D eigenvalue weighted by molar-refractivity contribution is 7.61. The van der Waals surface area contributed by atoms with Crippen LogP contribution in [0.25, 0.3) is 11.0 Å². The number of rotatable bonds is 9. The number of fused-ring (bicyclic) bond motifs is 1. The number of aryl methyl sites for hydroxylation is 1. The van der Waals surface area contributed by atoms with Gasteiger partial charge in [0.15, 0.2) is 11.8 Å². The molecule has 3 heterocycles. The highest BCUT2D eigenvalue weighted by atomic mass is 31.3. The van der Waals surface area contributed by atoms with Crippen molar-refractivity contribution in [3.63, 3.8) is 0 Å². The molecule has 1 fully saturated rings. The predicted molar refractivity (Wildman–Crippen MR) is 121 cm³/mol. The number of aliphatic hydroxyl groups excluding tert-OH is 2. The van der Waals surface area contributed by atoms with Gasteiger partial charge in [0.2, 0.25) is 0 Å². The predicted octanol–water partition coefficient (Wildman–Crippen LogP) is -0.749. The van der Waals surface area contributed by atoms with Crippen molar-refractivity contribution in [2.24, 2.45) is 5.90 Å². The minimum Gasteiger partial charge on any atom is -0.387 e. The minimum atomic E-state index is -5.22. The van der Waals surface area contributed by atoms with Crippen LogP contribution < -0.4 is 17.1 Å². The first-order valence-corrected chi connectivity index (χ1v) is 13.4. The number of phosphoric ester groups is 1. The van der Waals surface area contributed by atoms with Crippen LogP contribution in [0.1, 0.15) is 17.5 Å². The lowest BCUT2D eigenvalue weighted by Gasteiger charge is -2.19. The number of aliphatic hydroxyl groups is 2. The Balaban J connectivity index is 1.55. The third kappa shape index (κ3) is 5.82. The molecule has 6 N–H and O–H groups in total. The monoisotopic (exact) mass is 564 g/mol. The summed E-state index contributed by atoms with van der Waals surface area (Å²) in [6.07, 6.45) is -5.50. The maximum absolute atomic E-state index is 13.1. The number of hydrogen-bond acceptors (Lipinski definition) is 13. The molecule has 202 valence electrons. The number of nitrogens with two attached hydrogens (primary N) is 1. The van der Waals surface area contributed by atoms with E-state index in [1.807, 2.05) is 6.92 Å². The lowest BCUT2D eigenvalue weighted by atomic mass is 10.1. The van der Waals surface area contributed by atoms with Crippen LogP contribution in [0.4, 0.5) is 0 Å². The molecule has 2 aromatic heterocycles. The number of phosphoric acid groups is 2. The Hall–Kier alpha value is -2.53. The van der Waals surface area contributed by atoms with E-state index in [0.717, 1.165) is 27.0 Å². The summed E-state index contributed by atoms with van der Waals surface area (Å²) in [7, 11) is -10.3. The fourth-order valence-corrected chi connectivity index (χ4v) is 5.39. The van der Waals surface area contributed by atoms with Crippen LogP contribution >= 0.6 is 15.6 Å². The normalized spacial score (nSPS) is 25.2. The van der Waals surface area contributed by atoms with Crippen LogP contribution in [-0.4, -0.2) is 59.2 Å². The zero-order valence-corrected chi connectivity index (χ0v) is 20.7. The van der Waals surface area contributed by atoms with Crippen molar-refractivity contribution < 1.29 is 51.8 Å². The molecule has 0 radical (unpaired) electrons. The molecule has 0 spiro atoms. The van der Waals surface area contributed by atoms with E-state index in [0.29, 0.717) is 16.7 Å². The van der Waals surface area contributed by atoms with E-state index in [2.05, 4.69) is 24.5 Å². The fourth-order valence-electron chi connectivity index (χ4n) is 3.67. The van der Waals surface area contributed by atoms with E-state index in [4.69, 9.17) is 14.2 Å². The molecule has 17 nitrogen and oxygen atoms in total. The molecule has 3 aromatic rings. The number of nitrogens with zero attached hydrogens (tertiary/aromatic N) is 3. The quantitative estimate of drug-likeness (QED) is 0.158. The zero-order chi connectivity index (χ0) is 27.1. The molecule has 0 saturated carbocycles. The van der Waals surface area contributed by atoms with Gasteiger partial charge in [-0.3, -0.25) is 18.5 Å². The average Bonchev–Trinajstić information content (AvgIpc) is 3.35. The third-order valence-corrected chi connectivity index (χ3v) is 7.85. The van der Waals surface area contributed by atoms with E-state index in [1.165, 1.54) is 0 Å². The van der Waals surface area contributed by atoms with E-state index in [-0.39, 0.29) is 6.54 Å². The lowest BCUT2D eigenvalue weighted by Crippen LogP contribution is -2.43. The van der Waals surface area contributed by atoms with E-state index >= 15 is 0 Å². The minimum absolute atomic E-state index is 0.276. The van der Waals surface area contributed by atoms with Gasteiger partial charge in [-0.15, -0.1) is 0 Å². The standard InChI is InChI=1S/C18H22N4O13P2/c1-9-2-3-10-11(20-33-12(10)6-9)7-22-14(23)4-5-21(18(22)26)17-16(25)15(24)13(32-17)8-31-36(27,28)35-37(29,30)34-19/h2-6,13,15-17,24-25H,7-8,19H2,1H3,(H,27,28)(H,29,30). The van der Waals surface area contributed by atoms with Gasteiger partial charge in [-0.25, -0.2) is 24.4 Å². The molecule has 1 saturated heterocycles. The largest absolute Gasteiger partial charge is 0.497 e. The van der Waals surface area contributed by atoms with Gasteiger partial charge in [0, 0.05) is 17.6 Å². The number of hydrogen-bond donors (Lipinski definition) is 5. The van der Waals surface area contributed by atoms with Gasteiger partial charge in [0.1, 0.15) is 24.0 Å². The molecular formula is C18H22N4O13P2. The van der Waals surface area contributed by atoms with Gasteiger partial charge in [-0.05, 0) is 24.6 Å². The molecule has 6 unspecified atom stereocenters. The van der Waals surface area contributed by atoms with Crippen molar-refractivity contribution in [3.05, 3.63) is 62.6 Å². The summed E-state index contributed by atoms with van der Waals surface area (Å²) in [4.78, 5) is 44.2. The zero-order valence-electron chi connectivity index (χ0n) is 18.9. The molecule has 1 aliphatic heterocycles. The Kier molecular flexibility index (Phi) is 7.67. The van der Waals surface area contributed by atoms with E-state index < -0.39 is 58.0 Å². The summed E-state index contributed by atoms with van der Waals surface area (Å²) in [5, 5.41) is 25.3. The van der Waals surface area contributed by atoms with Gasteiger partial charge < -0.3 is 29.3 Å². The highest BCUT2D eigenvalue weighted by Gasteiger charge is 2.46. The van der Waals surface area contributed by atoms with Crippen molar-refractivity contribution in [1.29, 1.82) is 0 Å². The first-order valence-electron chi connectivity index (χ1n) is 10.4. The Morgan fingerprint density at radius 1 is 1.14 bits per heavy atom. The maximum Gasteiger partial charge on any atom is 0.497 e. The fraction of sp³-hybridized carbons (Fsp3) is 0.389. The molecule has 37 heavy (non-hydrogen) atoms. The maximum atomic E-state index is 13.1. The Morgan fingerprint density at radius 3 is 2.57 bits per heavy atom. The summed E-state index contributed by atoms with van der Waals surface area (Å²) in [5.74, 6) is 4.48. The van der Waals surface area contributed by atoms with Crippen LogP contribution in [-0.2, 0) is 33.9 Å². The lowest BCUT2D eigenvalue weighted by molar-refractivity contribution is -0.0548. The highest BCUT2D eigenvalue weighted by Crippen LogP contribution is 2.59. The summed E-state index contributed by atoms with van der Waals surface area (Å²) in [5.41, 5.74) is 0.0616. The summed E-state index contributed by atoms with van der Waals surface area (Å²) < 4.78 is 47.3. The third-order valence-electron chi connectivity index (χ3n) is 5.46. The Labute approximate surface area is 206 Å². The number of aromatic nitrogens is 3. The van der Waals surface area contributed by atoms with Gasteiger partial charge >= 0.3 is 21.3 Å². The van der Waals surface area contributed by atoms with E-state index in [1.54, 1.807) is 18.2 Å². The van der Waals surface area contributed by atoms with Crippen molar-refractivity contribution >= 4 is 26.6 Å². The molecule has 4 rings (SSSR count). The topological polar surface area (TPSA) is 248 Å². The first-order chi connectivity index (χ1) is 17.3. The summed E-state index contributed by atoms with van der Waals surface area (Å²) in [6, 6.07) is 6.30.